The van der Waals surface area contributed by atoms with Crippen LogP contribution in [0, 0.1) is 0 Å². The minimum atomic E-state index is -0.497. The number of hydrogen-bond donors (Lipinski definition) is 0. The van der Waals surface area contributed by atoms with Crippen LogP contribution in [0.5, 0.6) is 0 Å². The van der Waals surface area contributed by atoms with Crippen LogP contribution in [0.25, 0.3) is 22.2 Å². The Labute approximate surface area is 173 Å². The molecule has 0 aliphatic carbocycles. The normalized spacial score (nSPS) is 16.3. The number of nitrogens with zero attached hydrogens (tertiary/aromatic N) is 3. The smallest absolute Gasteiger partial charge is 0.331 e. The molecule has 1 aliphatic heterocycles. The molecular formula is C21H18BrN3O4. The third-order valence-electron chi connectivity index (χ3n) is 5.47. The molecule has 0 fully saturated rings. The van der Waals surface area contributed by atoms with Crippen molar-refractivity contribution >= 4 is 26.8 Å². The van der Waals surface area contributed by atoms with Crippen molar-refractivity contribution in [2.45, 2.75) is 12.6 Å². The number of rotatable bonds is 2. The zero-order chi connectivity index (χ0) is 20.3. The van der Waals surface area contributed by atoms with Crippen LogP contribution in [0.3, 0.4) is 0 Å². The molecule has 7 nitrogen and oxygen atoms in total. The van der Waals surface area contributed by atoms with E-state index in [4.69, 9.17) is 9.15 Å². The van der Waals surface area contributed by atoms with E-state index < -0.39 is 6.10 Å². The molecule has 148 valence electrons. The Balaban J connectivity index is 1.97. The average Bonchev–Trinajstić information content (AvgIpc) is 3.37. The fourth-order valence-electron chi connectivity index (χ4n) is 4.14. The van der Waals surface area contributed by atoms with E-state index in [9.17, 15) is 9.59 Å². The van der Waals surface area contributed by atoms with Crippen LogP contribution in [0.1, 0.15) is 17.6 Å². The Morgan fingerprint density at radius 3 is 2.52 bits per heavy atom. The third kappa shape index (κ3) is 2.59. The molecule has 8 heteroatoms. The highest BCUT2D eigenvalue weighted by molar-refractivity contribution is 9.10. The lowest BCUT2D eigenvalue weighted by atomic mass is 10.1. The summed E-state index contributed by atoms with van der Waals surface area (Å²) in [5.74, 6) is 0.640. The molecule has 0 spiro atoms. The first kappa shape index (κ1) is 18.2. The van der Waals surface area contributed by atoms with Crippen LogP contribution >= 0.6 is 15.9 Å². The molecule has 4 aromatic rings. The summed E-state index contributed by atoms with van der Waals surface area (Å²) in [6.45, 7) is 1.04. The van der Waals surface area contributed by atoms with Gasteiger partial charge in [0.1, 0.15) is 5.76 Å². The van der Waals surface area contributed by atoms with Crippen molar-refractivity contribution in [3.8, 4) is 11.3 Å². The Hall–Kier alpha value is -2.84. The molecule has 1 aromatic carbocycles. The summed E-state index contributed by atoms with van der Waals surface area (Å²) in [7, 11) is 3.19. The summed E-state index contributed by atoms with van der Waals surface area (Å²) in [5.41, 5.74) is 2.34. The van der Waals surface area contributed by atoms with Crippen molar-refractivity contribution in [3.63, 3.8) is 0 Å². The Kier molecular flexibility index (Phi) is 4.15. The van der Waals surface area contributed by atoms with Crippen LogP contribution < -0.4 is 11.2 Å². The van der Waals surface area contributed by atoms with Gasteiger partial charge in [0.15, 0.2) is 6.10 Å². The zero-order valence-electron chi connectivity index (χ0n) is 15.9. The van der Waals surface area contributed by atoms with Gasteiger partial charge in [-0.15, -0.1) is 0 Å². The van der Waals surface area contributed by atoms with Gasteiger partial charge in [0, 0.05) is 25.1 Å². The van der Waals surface area contributed by atoms with Crippen molar-refractivity contribution in [1.82, 2.24) is 13.7 Å². The van der Waals surface area contributed by atoms with Crippen molar-refractivity contribution in [2.75, 3.05) is 6.61 Å². The summed E-state index contributed by atoms with van der Waals surface area (Å²) in [4.78, 5) is 26.0. The van der Waals surface area contributed by atoms with Crippen molar-refractivity contribution < 1.29 is 9.15 Å². The molecule has 5 rings (SSSR count). The number of aryl methyl sites for hydroxylation is 1. The Morgan fingerprint density at radius 1 is 1.07 bits per heavy atom. The minimum Gasteiger partial charge on any atom is -0.466 e. The van der Waals surface area contributed by atoms with E-state index in [1.54, 1.807) is 19.4 Å². The maximum absolute atomic E-state index is 13.2. The highest BCUT2D eigenvalue weighted by atomic mass is 79.9. The molecule has 1 atom stereocenters. The molecule has 4 heterocycles. The third-order valence-corrected chi connectivity index (χ3v) is 6.00. The summed E-state index contributed by atoms with van der Waals surface area (Å²) in [6, 6.07) is 11.5. The Bertz CT molecular complexity index is 1340. The number of furan rings is 1. The lowest BCUT2D eigenvalue weighted by molar-refractivity contribution is 0.0347. The molecule has 0 bridgehead atoms. The molecule has 1 unspecified atom stereocenters. The van der Waals surface area contributed by atoms with Gasteiger partial charge in [-0.25, -0.2) is 4.79 Å². The van der Waals surface area contributed by atoms with Gasteiger partial charge in [0.25, 0.3) is 5.56 Å². The van der Waals surface area contributed by atoms with Crippen molar-refractivity contribution in [3.05, 3.63) is 79.4 Å². The minimum absolute atomic E-state index is 0.318. The molecule has 0 N–H and O–H groups in total. The first-order valence-electron chi connectivity index (χ1n) is 9.22. The lowest BCUT2D eigenvalue weighted by Crippen LogP contribution is -2.37. The van der Waals surface area contributed by atoms with Gasteiger partial charge in [-0.05, 0) is 29.8 Å². The molecule has 0 saturated carbocycles. The van der Waals surface area contributed by atoms with E-state index in [0.717, 1.165) is 26.0 Å². The molecular weight excluding hydrogens is 438 g/mol. The topological polar surface area (TPSA) is 71.3 Å². The standard InChI is InChI=1S/C21H18BrN3O4/c1-23-17-15(20(26)24(2)21(23)27)16(12-5-7-13(22)8-6-12)25-9-11-29-19(18(17)25)14-4-3-10-28-14/h3-8,10,19H,9,11H2,1-2H3. The lowest BCUT2D eigenvalue weighted by Gasteiger charge is -2.26. The van der Waals surface area contributed by atoms with Crippen molar-refractivity contribution in [1.29, 1.82) is 0 Å². The van der Waals surface area contributed by atoms with E-state index in [2.05, 4.69) is 20.5 Å². The monoisotopic (exact) mass is 455 g/mol. The maximum Gasteiger partial charge on any atom is 0.331 e. The Morgan fingerprint density at radius 2 is 1.83 bits per heavy atom. The highest BCUT2D eigenvalue weighted by Gasteiger charge is 2.34. The molecule has 0 radical (unpaired) electrons. The number of ether oxygens (including phenoxy) is 1. The molecule has 0 amide bonds. The van der Waals surface area contributed by atoms with Gasteiger partial charge in [-0.3, -0.25) is 13.9 Å². The van der Waals surface area contributed by atoms with Gasteiger partial charge >= 0.3 is 5.69 Å². The van der Waals surface area contributed by atoms with Crippen LogP contribution in [-0.2, 0) is 25.4 Å². The molecule has 3 aromatic heterocycles. The van der Waals surface area contributed by atoms with Crippen molar-refractivity contribution in [2.24, 2.45) is 14.1 Å². The summed E-state index contributed by atoms with van der Waals surface area (Å²) in [6.07, 6.45) is 1.10. The summed E-state index contributed by atoms with van der Waals surface area (Å²) in [5, 5.41) is 0.508. The second kappa shape index (κ2) is 6.60. The predicted molar refractivity (Wildman–Crippen MR) is 112 cm³/mol. The summed E-state index contributed by atoms with van der Waals surface area (Å²) >= 11 is 3.47. The molecule has 0 saturated heterocycles. The van der Waals surface area contributed by atoms with Crippen LogP contribution in [0.2, 0.25) is 0 Å². The van der Waals surface area contributed by atoms with E-state index >= 15 is 0 Å². The second-order valence-corrected chi connectivity index (χ2v) is 8.00. The van der Waals surface area contributed by atoms with Gasteiger partial charge in [-0.1, -0.05) is 28.1 Å². The summed E-state index contributed by atoms with van der Waals surface area (Å²) < 4.78 is 17.4. The largest absolute Gasteiger partial charge is 0.466 e. The van der Waals surface area contributed by atoms with Crippen LogP contribution in [-0.4, -0.2) is 20.3 Å². The van der Waals surface area contributed by atoms with E-state index in [-0.39, 0.29) is 11.2 Å². The van der Waals surface area contributed by atoms with Crippen LogP contribution in [0.15, 0.2) is 61.1 Å². The van der Waals surface area contributed by atoms with Gasteiger partial charge < -0.3 is 13.7 Å². The van der Waals surface area contributed by atoms with Gasteiger partial charge in [0.2, 0.25) is 0 Å². The fourth-order valence-corrected chi connectivity index (χ4v) is 4.41. The first-order valence-corrected chi connectivity index (χ1v) is 10.0. The number of hydrogen-bond acceptors (Lipinski definition) is 4. The number of aromatic nitrogens is 3. The first-order chi connectivity index (χ1) is 14.0. The van der Waals surface area contributed by atoms with Crippen LogP contribution in [0.4, 0.5) is 0 Å². The van der Waals surface area contributed by atoms with Gasteiger partial charge in [0.05, 0.1) is 35.2 Å². The SMILES string of the molecule is Cn1c(=O)c2c(-c3ccc(Br)cc3)n3c(c2n(C)c1=O)C(c1ccco1)OCC3. The molecule has 29 heavy (non-hydrogen) atoms. The average molecular weight is 456 g/mol. The zero-order valence-corrected chi connectivity index (χ0v) is 17.5. The van der Waals surface area contributed by atoms with E-state index in [0.29, 0.717) is 29.8 Å². The predicted octanol–water partition coefficient (Wildman–Crippen LogP) is 3.18. The quantitative estimate of drug-likeness (QED) is 0.465. The highest BCUT2D eigenvalue weighted by Crippen LogP contribution is 2.40. The fraction of sp³-hybridized carbons (Fsp3) is 0.238. The number of benzene rings is 1. The maximum atomic E-state index is 13.2. The molecule has 1 aliphatic rings. The second-order valence-electron chi connectivity index (χ2n) is 7.09. The van der Waals surface area contributed by atoms with E-state index in [1.165, 1.54) is 11.6 Å². The van der Waals surface area contributed by atoms with Gasteiger partial charge in [-0.2, -0.15) is 0 Å². The number of fused-ring (bicyclic) bond motifs is 3. The van der Waals surface area contributed by atoms with E-state index in [1.807, 2.05) is 30.3 Å². The number of halogens is 1.